The molecule has 124 valence electrons. The van der Waals surface area contributed by atoms with Crippen LogP contribution in [0.5, 0.6) is 5.75 Å². The molecular formula is C18H17BrN2O2S. The van der Waals surface area contributed by atoms with Gasteiger partial charge in [0.25, 0.3) is 0 Å². The van der Waals surface area contributed by atoms with Crippen LogP contribution in [0.3, 0.4) is 0 Å². The van der Waals surface area contributed by atoms with Gasteiger partial charge in [-0.1, -0.05) is 28.1 Å². The second kappa shape index (κ2) is 9.20. The molecule has 0 aliphatic rings. The average Bonchev–Trinajstić information content (AvgIpc) is 2.56. The third kappa shape index (κ3) is 6.14. The molecule has 0 radical (unpaired) electrons. The molecule has 0 atom stereocenters. The summed E-state index contributed by atoms with van der Waals surface area (Å²) in [6, 6.07) is 15.0. The van der Waals surface area contributed by atoms with Crippen molar-refractivity contribution >= 4 is 50.9 Å². The predicted molar refractivity (Wildman–Crippen MR) is 105 cm³/mol. The van der Waals surface area contributed by atoms with E-state index in [1.54, 1.807) is 6.08 Å². The average molecular weight is 405 g/mol. The largest absolute Gasteiger partial charge is 0.494 e. The Labute approximate surface area is 155 Å². The first-order valence-corrected chi connectivity index (χ1v) is 8.55. The quantitative estimate of drug-likeness (QED) is 0.573. The van der Waals surface area contributed by atoms with Gasteiger partial charge >= 0.3 is 0 Å². The zero-order valence-corrected chi connectivity index (χ0v) is 15.5. The maximum Gasteiger partial charge on any atom is 0.250 e. The maximum atomic E-state index is 11.9. The fourth-order valence-electron chi connectivity index (χ4n) is 1.86. The SMILES string of the molecule is CCOc1ccc(/C=C/C(=O)NC(=S)Nc2ccc(Br)cc2)cc1. The van der Waals surface area contributed by atoms with E-state index in [0.717, 1.165) is 21.5 Å². The van der Waals surface area contributed by atoms with Crippen LogP contribution in [-0.2, 0) is 4.79 Å². The molecule has 1 amide bonds. The Balaban J connectivity index is 1.85. The summed E-state index contributed by atoms with van der Waals surface area (Å²) in [5, 5.41) is 5.80. The van der Waals surface area contributed by atoms with Gasteiger partial charge in [-0.3, -0.25) is 10.1 Å². The lowest BCUT2D eigenvalue weighted by atomic mass is 10.2. The number of benzene rings is 2. The van der Waals surface area contributed by atoms with Crippen molar-refractivity contribution < 1.29 is 9.53 Å². The molecule has 0 fully saturated rings. The summed E-state index contributed by atoms with van der Waals surface area (Å²) in [7, 11) is 0. The number of nitrogens with one attached hydrogen (secondary N) is 2. The van der Waals surface area contributed by atoms with E-state index in [9.17, 15) is 4.79 Å². The third-order valence-electron chi connectivity index (χ3n) is 2.96. The molecule has 24 heavy (non-hydrogen) atoms. The molecule has 0 spiro atoms. The molecule has 0 saturated carbocycles. The van der Waals surface area contributed by atoms with Crippen LogP contribution in [0.4, 0.5) is 5.69 Å². The molecule has 0 aromatic heterocycles. The summed E-state index contributed by atoms with van der Waals surface area (Å²) in [4.78, 5) is 11.9. The minimum atomic E-state index is -0.293. The first-order valence-electron chi connectivity index (χ1n) is 7.35. The van der Waals surface area contributed by atoms with E-state index >= 15 is 0 Å². The van der Waals surface area contributed by atoms with E-state index in [1.807, 2.05) is 55.5 Å². The summed E-state index contributed by atoms with van der Waals surface area (Å²) in [5.41, 5.74) is 1.71. The van der Waals surface area contributed by atoms with Crippen LogP contribution in [0.2, 0.25) is 0 Å². The van der Waals surface area contributed by atoms with Crippen LogP contribution in [0.15, 0.2) is 59.1 Å². The van der Waals surface area contributed by atoms with Crippen molar-refractivity contribution in [1.29, 1.82) is 0 Å². The minimum absolute atomic E-state index is 0.249. The normalized spacial score (nSPS) is 10.4. The summed E-state index contributed by atoms with van der Waals surface area (Å²) in [6.07, 6.45) is 3.15. The van der Waals surface area contributed by atoms with E-state index in [-0.39, 0.29) is 11.0 Å². The molecule has 0 saturated heterocycles. The van der Waals surface area contributed by atoms with Gasteiger partial charge in [0, 0.05) is 16.2 Å². The van der Waals surface area contributed by atoms with Crippen LogP contribution >= 0.6 is 28.1 Å². The minimum Gasteiger partial charge on any atom is -0.494 e. The maximum absolute atomic E-state index is 11.9. The topological polar surface area (TPSA) is 50.4 Å². The lowest BCUT2D eigenvalue weighted by Crippen LogP contribution is -2.32. The number of thiocarbonyl (C=S) groups is 1. The van der Waals surface area contributed by atoms with Crippen molar-refractivity contribution in [2.75, 3.05) is 11.9 Å². The van der Waals surface area contributed by atoms with E-state index in [1.165, 1.54) is 6.08 Å². The fourth-order valence-corrected chi connectivity index (χ4v) is 2.35. The molecule has 0 heterocycles. The Kier molecular flexibility index (Phi) is 6.96. The molecular weight excluding hydrogens is 388 g/mol. The molecule has 2 aromatic carbocycles. The summed E-state index contributed by atoms with van der Waals surface area (Å²) in [5.74, 6) is 0.512. The third-order valence-corrected chi connectivity index (χ3v) is 3.69. The fraction of sp³-hybridized carbons (Fsp3) is 0.111. The number of carbonyl (C=O) groups is 1. The number of rotatable bonds is 5. The molecule has 2 aromatic rings. The van der Waals surface area contributed by atoms with Crippen LogP contribution in [0.1, 0.15) is 12.5 Å². The number of anilines is 1. The lowest BCUT2D eigenvalue weighted by Gasteiger charge is -2.08. The van der Waals surface area contributed by atoms with E-state index in [4.69, 9.17) is 17.0 Å². The molecule has 0 unspecified atom stereocenters. The van der Waals surface area contributed by atoms with Crippen LogP contribution < -0.4 is 15.4 Å². The second-order valence-electron chi connectivity index (χ2n) is 4.79. The number of ether oxygens (including phenoxy) is 1. The zero-order valence-electron chi connectivity index (χ0n) is 13.1. The van der Waals surface area contributed by atoms with Crippen LogP contribution in [0, 0.1) is 0 Å². The van der Waals surface area contributed by atoms with Crippen LogP contribution in [-0.4, -0.2) is 17.6 Å². The van der Waals surface area contributed by atoms with Crippen molar-refractivity contribution in [3.63, 3.8) is 0 Å². The molecule has 6 heteroatoms. The van der Waals surface area contributed by atoms with Gasteiger partial charge in [0.2, 0.25) is 5.91 Å². The van der Waals surface area contributed by atoms with Crippen molar-refractivity contribution in [3.8, 4) is 5.75 Å². The van der Waals surface area contributed by atoms with Gasteiger partial charge in [0.15, 0.2) is 5.11 Å². The first kappa shape index (κ1) is 18.2. The second-order valence-corrected chi connectivity index (χ2v) is 6.11. The Morgan fingerprint density at radius 2 is 1.83 bits per heavy atom. The molecule has 2 N–H and O–H groups in total. The summed E-state index contributed by atoms with van der Waals surface area (Å²) < 4.78 is 6.34. The Hall–Kier alpha value is -2.18. The van der Waals surface area contributed by atoms with Crippen LogP contribution in [0.25, 0.3) is 6.08 Å². The summed E-state index contributed by atoms with van der Waals surface area (Å²) >= 11 is 8.48. The predicted octanol–water partition coefficient (Wildman–Crippen LogP) is 4.37. The Morgan fingerprint density at radius 3 is 2.46 bits per heavy atom. The smallest absolute Gasteiger partial charge is 0.250 e. The highest BCUT2D eigenvalue weighted by Gasteiger charge is 2.01. The van der Waals surface area contributed by atoms with Gasteiger partial charge in [-0.15, -0.1) is 0 Å². The zero-order chi connectivity index (χ0) is 17.4. The molecule has 0 aliphatic heterocycles. The highest BCUT2D eigenvalue weighted by molar-refractivity contribution is 9.10. The number of halogens is 1. The van der Waals surface area contributed by atoms with E-state index < -0.39 is 0 Å². The van der Waals surface area contributed by atoms with E-state index in [0.29, 0.717) is 6.61 Å². The van der Waals surface area contributed by atoms with Gasteiger partial charge in [0.05, 0.1) is 6.61 Å². The number of hydrogen-bond acceptors (Lipinski definition) is 3. The van der Waals surface area contributed by atoms with Gasteiger partial charge in [-0.25, -0.2) is 0 Å². The Morgan fingerprint density at radius 1 is 1.17 bits per heavy atom. The van der Waals surface area contributed by atoms with E-state index in [2.05, 4.69) is 26.6 Å². The Bertz CT molecular complexity index is 728. The number of carbonyl (C=O) groups excluding carboxylic acids is 1. The van der Waals surface area contributed by atoms with Crippen molar-refractivity contribution in [1.82, 2.24) is 5.32 Å². The van der Waals surface area contributed by atoms with Crippen molar-refractivity contribution in [2.24, 2.45) is 0 Å². The number of hydrogen-bond donors (Lipinski definition) is 2. The molecule has 2 rings (SSSR count). The standard InChI is InChI=1S/C18H17BrN2O2S/c1-2-23-16-10-3-13(4-11-16)5-12-17(22)21-18(24)20-15-8-6-14(19)7-9-15/h3-12H,2H2,1H3,(H2,20,21,22,24)/b12-5+. The van der Waals surface area contributed by atoms with Gasteiger partial charge < -0.3 is 10.1 Å². The van der Waals surface area contributed by atoms with Gasteiger partial charge in [-0.05, 0) is 67.2 Å². The highest BCUT2D eigenvalue weighted by atomic mass is 79.9. The summed E-state index contributed by atoms with van der Waals surface area (Å²) in [6.45, 7) is 2.56. The van der Waals surface area contributed by atoms with Gasteiger partial charge in [0.1, 0.15) is 5.75 Å². The monoisotopic (exact) mass is 404 g/mol. The molecule has 0 aliphatic carbocycles. The number of amides is 1. The molecule has 0 bridgehead atoms. The van der Waals surface area contributed by atoms with Gasteiger partial charge in [-0.2, -0.15) is 0 Å². The lowest BCUT2D eigenvalue weighted by molar-refractivity contribution is -0.115. The molecule has 4 nitrogen and oxygen atoms in total. The van der Waals surface area contributed by atoms with Crippen molar-refractivity contribution in [2.45, 2.75) is 6.92 Å². The first-order chi connectivity index (χ1) is 11.6. The van der Waals surface area contributed by atoms with Crippen molar-refractivity contribution in [3.05, 3.63) is 64.6 Å². The highest BCUT2D eigenvalue weighted by Crippen LogP contribution is 2.14.